The van der Waals surface area contributed by atoms with E-state index in [0.29, 0.717) is 5.88 Å². The van der Waals surface area contributed by atoms with Crippen LogP contribution in [0.1, 0.15) is 20.8 Å². The Labute approximate surface area is 100 Å². The van der Waals surface area contributed by atoms with Crippen molar-refractivity contribution in [2.24, 2.45) is 0 Å². The Kier molecular flexibility index (Phi) is 2.79. The zero-order valence-corrected chi connectivity index (χ0v) is 10.2. The molecule has 90 valence electrons. The van der Waals surface area contributed by atoms with Crippen molar-refractivity contribution in [1.29, 1.82) is 0 Å². The maximum Gasteiger partial charge on any atom is 0.229 e. The van der Waals surface area contributed by atoms with Crippen LogP contribution in [0.15, 0.2) is 35.0 Å². The van der Waals surface area contributed by atoms with Crippen LogP contribution in [0.2, 0.25) is 0 Å². The van der Waals surface area contributed by atoms with Crippen molar-refractivity contribution in [3.8, 4) is 16.9 Å². The lowest BCUT2D eigenvalue weighted by molar-refractivity contribution is 0.131. The predicted molar refractivity (Wildman–Crippen MR) is 66.7 cm³/mol. The second-order valence-corrected chi connectivity index (χ2v) is 4.84. The number of rotatable bonds is 2. The van der Waals surface area contributed by atoms with Crippen LogP contribution in [-0.2, 0) is 0 Å². The Morgan fingerprint density at radius 2 is 1.82 bits per heavy atom. The molecule has 4 nitrogen and oxygen atoms in total. The van der Waals surface area contributed by atoms with E-state index in [1.54, 1.807) is 6.20 Å². The standard InChI is InChI=1S/C13H16N2O2/c1-13(2,3)16-10-6-4-9(5-7-10)11-8-15-17-12(11)14/h4-8H,14H2,1-3H3. The van der Waals surface area contributed by atoms with E-state index in [1.165, 1.54) is 0 Å². The van der Waals surface area contributed by atoms with Crippen molar-refractivity contribution in [3.05, 3.63) is 30.5 Å². The zero-order valence-electron chi connectivity index (χ0n) is 10.2. The van der Waals surface area contributed by atoms with E-state index in [2.05, 4.69) is 5.16 Å². The molecule has 2 aromatic rings. The van der Waals surface area contributed by atoms with Crippen molar-refractivity contribution in [1.82, 2.24) is 5.16 Å². The van der Waals surface area contributed by atoms with Gasteiger partial charge in [0.15, 0.2) is 0 Å². The minimum atomic E-state index is -0.197. The molecule has 0 unspecified atom stereocenters. The SMILES string of the molecule is CC(C)(C)Oc1ccc(-c2cnoc2N)cc1. The first-order valence-electron chi connectivity index (χ1n) is 5.45. The van der Waals surface area contributed by atoms with Crippen molar-refractivity contribution in [3.63, 3.8) is 0 Å². The number of nitrogens with zero attached hydrogens (tertiary/aromatic N) is 1. The summed E-state index contributed by atoms with van der Waals surface area (Å²) in [6, 6.07) is 7.69. The third-order valence-electron chi connectivity index (χ3n) is 2.19. The summed E-state index contributed by atoms with van der Waals surface area (Å²) in [6.07, 6.45) is 1.61. The van der Waals surface area contributed by atoms with E-state index < -0.39 is 0 Å². The molecule has 0 spiro atoms. The van der Waals surface area contributed by atoms with Crippen molar-refractivity contribution in [2.75, 3.05) is 5.73 Å². The molecule has 1 heterocycles. The van der Waals surface area contributed by atoms with Crippen LogP contribution in [0.5, 0.6) is 5.75 Å². The van der Waals surface area contributed by atoms with E-state index in [4.69, 9.17) is 15.0 Å². The fourth-order valence-electron chi connectivity index (χ4n) is 1.52. The first kappa shape index (κ1) is 11.5. The molecule has 0 aliphatic heterocycles. The van der Waals surface area contributed by atoms with Gasteiger partial charge in [0.25, 0.3) is 0 Å². The Bertz CT molecular complexity index is 495. The lowest BCUT2D eigenvalue weighted by Gasteiger charge is -2.21. The Hall–Kier alpha value is -1.97. The van der Waals surface area contributed by atoms with Gasteiger partial charge < -0.3 is 15.0 Å². The van der Waals surface area contributed by atoms with Crippen LogP contribution in [0.3, 0.4) is 0 Å². The van der Waals surface area contributed by atoms with Gasteiger partial charge in [-0.15, -0.1) is 0 Å². The lowest BCUT2D eigenvalue weighted by Crippen LogP contribution is -2.22. The first-order valence-corrected chi connectivity index (χ1v) is 5.45. The van der Waals surface area contributed by atoms with Gasteiger partial charge in [0.1, 0.15) is 11.4 Å². The van der Waals surface area contributed by atoms with Crippen LogP contribution in [0.25, 0.3) is 11.1 Å². The molecule has 0 saturated carbocycles. The fourth-order valence-corrected chi connectivity index (χ4v) is 1.52. The number of hydrogen-bond donors (Lipinski definition) is 1. The summed E-state index contributed by atoms with van der Waals surface area (Å²) >= 11 is 0. The molecule has 0 aliphatic carbocycles. The van der Waals surface area contributed by atoms with Crippen LogP contribution >= 0.6 is 0 Å². The fraction of sp³-hybridized carbons (Fsp3) is 0.308. The van der Waals surface area contributed by atoms with Gasteiger partial charge >= 0.3 is 0 Å². The van der Waals surface area contributed by atoms with Crippen LogP contribution in [0, 0.1) is 0 Å². The molecule has 0 fully saturated rings. The number of benzene rings is 1. The summed E-state index contributed by atoms with van der Waals surface area (Å²) in [5.74, 6) is 1.16. The van der Waals surface area contributed by atoms with Gasteiger partial charge in [-0.1, -0.05) is 17.3 Å². The smallest absolute Gasteiger partial charge is 0.229 e. The highest BCUT2D eigenvalue weighted by Crippen LogP contribution is 2.28. The summed E-state index contributed by atoms with van der Waals surface area (Å²) < 4.78 is 10.6. The van der Waals surface area contributed by atoms with Gasteiger partial charge in [-0.05, 0) is 38.5 Å². The molecule has 0 atom stereocenters. The van der Waals surface area contributed by atoms with Gasteiger partial charge in [-0.25, -0.2) is 0 Å². The number of hydrogen-bond acceptors (Lipinski definition) is 4. The lowest BCUT2D eigenvalue weighted by atomic mass is 10.1. The molecule has 2 N–H and O–H groups in total. The molecule has 0 saturated heterocycles. The van der Waals surface area contributed by atoms with Crippen LogP contribution < -0.4 is 10.5 Å². The summed E-state index contributed by atoms with van der Waals surface area (Å²) in [7, 11) is 0. The van der Waals surface area contributed by atoms with Gasteiger partial charge in [-0.2, -0.15) is 0 Å². The largest absolute Gasteiger partial charge is 0.488 e. The van der Waals surface area contributed by atoms with Gasteiger partial charge in [0.05, 0.1) is 11.8 Å². The van der Waals surface area contributed by atoms with Gasteiger partial charge in [0.2, 0.25) is 5.88 Å². The molecule has 0 aliphatic rings. The van der Waals surface area contributed by atoms with Crippen molar-refractivity contribution in [2.45, 2.75) is 26.4 Å². The first-order chi connectivity index (χ1) is 7.96. The highest BCUT2D eigenvalue weighted by molar-refractivity contribution is 5.72. The maximum absolute atomic E-state index is 5.73. The monoisotopic (exact) mass is 232 g/mol. The molecule has 1 aromatic carbocycles. The third-order valence-corrected chi connectivity index (χ3v) is 2.19. The Morgan fingerprint density at radius 1 is 1.18 bits per heavy atom. The average molecular weight is 232 g/mol. The molecule has 4 heteroatoms. The number of nitrogen functional groups attached to an aromatic ring is 1. The molecule has 0 radical (unpaired) electrons. The highest BCUT2D eigenvalue weighted by Gasteiger charge is 2.12. The normalized spacial score (nSPS) is 11.5. The number of ether oxygens (including phenoxy) is 1. The Balaban J connectivity index is 2.22. The predicted octanol–water partition coefficient (Wildman–Crippen LogP) is 3.10. The van der Waals surface area contributed by atoms with Crippen molar-refractivity contribution >= 4 is 5.88 Å². The molecular weight excluding hydrogens is 216 g/mol. The van der Waals surface area contributed by atoms with E-state index in [-0.39, 0.29) is 5.60 Å². The Morgan fingerprint density at radius 3 is 2.29 bits per heavy atom. The quantitative estimate of drug-likeness (QED) is 0.864. The van der Waals surface area contributed by atoms with E-state index >= 15 is 0 Å². The highest BCUT2D eigenvalue weighted by atomic mass is 16.5. The molecule has 17 heavy (non-hydrogen) atoms. The molecule has 2 rings (SSSR count). The molecule has 1 aromatic heterocycles. The zero-order chi connectivity index (χ0) is 12.5. The van der Waals surface area contributed by atoms with E-state index in [9.17, 15) is 0 Å². The summed E-state index contributed by atoms with van der Waals surface area (Å²) in [5.41, 5.74) is 7.22. The molecular formula is C13H16N2O2. The summed E-state index contributed by atoms with van der Waals surface area (Å²) in [6.45, 7) is 6.04. The summed E-state index contributed by atoms with van der Waals surface area (Å²) in [5, 5.41) is 3.65. The topological polar surface area (TPSA) is 61.3 Å². The molecule has 0 amide bonds. The van der Waals surface area contributed by atoms with Gasteiger partial charge in [-0.3, -0.25) is 0 Å². The minimum absolute atomic E-state index is 0.197. The van der Waals surface area contributed by atoms with Crippen molar-refractivity contribution < 1.29 is 9.26 Å². The number of anilines is 1. The van der Waals surface area contributed by atoms with Crippen LogP contribution in [0.4, 0.5) is 5.88 Å². The van der Waals surface area contributed by atoms with Crippen LogP contribution in [-0.4, -0.2) is 10.8 Å². The second-order valence-electron chi connectivity index (χ2n) is 4.84. The summed E-state index contributed by atoms with van der Waals surface area (Å²) in [4.78, 5) is 0. The van der Waals surface area contributed by atoms with Gasteiger partial charge in [0, 0.05) is 0 Å². The van der Waals surface area contributed by atoms with E-state index in [1.807, 2.05) is 45.0 Å². The average Bonchev–Trinajstić information content (AvgIpc) is 2.63. The number of nitrogens with two attached hydrogens (primary N) is 1. The second kappa shape index (κ2) is 4.13. The van der Waals surface area contributed by atoms with E-state index in [0.717, 1.165) is 16.9 Å². The molecule has 0 bridgehead atoms. The maximum atomic E-state index is 5.73. The minimum Gasteiger partial charge on any atom is -0.488 e. The third kappa shape index (κ3) is 2.78. The number of aromatic nitrogens is 1.